The number of aromatic nitrogens is 1. The molecule has 1 atom stereocenters. The lowest BCUT2D eigenvalue weighted by Crippen LogP contribution is -2.53. The molecule has 31 heavy (non-hydrogen) atoms. The van der Waals surface area contributed by atoms with Crippen molar-refractivity contribution in [1.82, 2.24) is 15.6 Å². The van der Waals surface area contributed by atoms with Crippen LogP contribution in [0.4, 0.5) is 4.39 Å². The average Bonchev–Trinajstić information content (AvgIpc) is 2.68. The SMILES string of the molecule is Cc1cc(OCC(=O)NC2=CC(C)(NC(=O)COc3ccc(Cl)c(F)c3)C2)ncc1Cl. The third kappa shape index (κ3) is 6.32. The van der Waals surface area contributed by atoms with Crippen molar-refractivity contribution in [2.45, 2.75) is 25.8 Å². The van der Waals surface area contributed by atoms with Crippen LogP contribution >= 0.6 is 23.2 Å². The average molecular weight is 468 g/mol. The van der Waals surface area contributed by atoms with E-state index in [-0.39, 0.29) is 35.8 Å². The van der Waals surface area contributed by atoms with Crippen molar-refractivity contribution in [3.05, 3.63) is 63.7 Å². The van der Waals surface area contributed by atoms with Gasteiger partial charge in [-0.2, -0.15) is 0 Å². The Bertz CT molecular complexity index is 1050. The molecule has 3 rings (SSSR count). The van der Waals surface area contributed by atoms with E-state index >= 15 is 0 Å². The summed E-state index contributed by atoms with van der Waals surface area (Å²) in [5.74, 6) is -0.851. The van der Waals surface area contributed by atoms with Crippen LogP contribution in [0.25, 0.3) is 0 Å². The third-order valence-electron chi connectivity index (χ3n) is 4.41. The third-order valence-corrected chi connectivity index (χ3v) is 5.11. The molecule has 164 valence electrons. The van der Waals surface area contributed by atoms with Crippen LogP contribution in [0.2, 0.25) is 10.0 Å². The molecule has 1 aromatic heterocycles. The number of pyridine rings is 1. The molecule has 0 saturated heterocycles. The molecule has 10 heteroatoms. The summed E-state index contributed by atoms with van der Waals surface area (Å²) >= 11 is 11.5. The summed E-state index contributed by atoms with van der Waals surface area (Å²) in [5, 5.41) is 6.01. The Labute approximate surface area is 188 Å². The maximum Gasteiger partial charge on any atom is 0.262 e. The normalized spacial score (nSPS) is 17.3. The molecule has 2 N–H and O–H groups in total. The Morgan fingerprint density at radius 2 is 1.87 bits per heavy atom. The zero-order valence-corrected chi connectivity index (χ0v) is 18.3. The minimum atomic E-state index is -0.625. The second-order valence-electron chi connectivity index (χ2n) is 7.29. The van der Waals surface area contributed by atoms with E-state index in [0.717, 1.165) is 11.6 Å². The van der Waals surface area contributed by atoms with Gasteiger partial charge in [-0.3, -0.25) is 9.59 Å². The van der Waals surface area contributed by atoms with Crippen molar-refractivity contribution in [2.75, 3.05) is 13.2 Å². The Hall–Kier alpha value is -2.84. The number of carbonyl (C=O) groups excluding carboxylic acids is 2. The summed E-state index contributed by atoms with van der Waals surface area (Å²) in [6.07, 6.45) is 3.62. The lowest BCUT2D eigenvalue weighted by molar-refractivity contribution is -0.124. The summed E-state index contributed by atoms with van der Waals surface area (Å²) in [4.78, 5) is 28.1. The number of nitrogens with one attached hydrogen (secondary N) is 2. The van der Waals surface area contributed by atoms with Gasteiger partial charge < -0.3 is 20.1 Å². The second-order valence-corrected chi connectivity index (χ2v) is 8.10. The van der Waals surface area contributed by atoms with Crippen LogP contribution in [0.5, 0.6) is 11.6 Å². The lowest BCUT2D eigenvalue weighted by Gasteiger charge is -2.37. The molecule has 0 radical (unpaired) electrons. The Morgan fingerprint density at radius 1 is 1.16 bits per heavy atom. The quantitative estimate of drug-likeness (QED) is 0.619. The van der Waals surface area contributed by atoms with Gasteiger partial charge in [-0.25, -0.2) is 9.37 Å². The summed E-state index contributed by atoms with van der Waals surface area (Å²) < 4.78 is 24.0. The molecule has 0 bridgehead atoms. The molecule has 1 aliphatic rings. The number of hydrogen-bond donors (Lipinski definition) is 2. The molecule has 1 aromatic carbocycles. The largest absolute Gasteiger partial charge is 0.484 e. The van der Waals surface area contributed by atoms with Crippen molar-refractivity contribution < 1.29 is 23.5 Å². The molecular formula is C21H20Cl2FN3O4. The van der Waals surface area contributed by atoms with Crippen molar-refractivity contribution >= 4 is 35.0 Å². The summed E-state index contributed by atoms with van der Waals surface area (Å²) in [6.45, 7) is 3.12. The number of hydrogen-bond acceptors (Lipinski definition) is 5. The van der Waals surface area contributed by atoms with Crippen LogP contribution in [0.3, 0.4) is 0 Å². The van der Waals surface area contributed by atoms with Crippen LogP contribution in [0.1, 0.15) is 18.9 Å². The van der Waals surface area contributed by atoms with Crippen LogP contribution in [0.15, 0.2) is 42.2 Å². The van der Waals surface area contributed by atoms with Gasteiger partial charge in [-0.05, 0) is 37.6 Å². The number of nitrogens with zero attached hydrogens (tertiary/aromatic N) is 1. The van der Waals surface area contributed by atoms with E-state index in [9.17, 15) is 14.0 Å². The molecule has 1 heterocycles. The van der Waals surface area contributed by atoms with Gasteiger partial charge >= 0.3 is 0 Å². The summed E-state index contributed by atoms with van der Waals surface area (Å²) in [6, 6.07) is 5.58. The van der Waals surface area contributed by atoms with E-state index in [1.165, 1.54) is 18.3 Å². The van der Waals surface area contributed by atoms with Crippen molar-refractivity contribution in [3.63, 3.8) is 0 Å². The Kier molecular flexibility index (Phi) is 7.02. The van der Waals surface area contributed by atoms with Gasteiger partial charge in [-0.1, -0.05) is 23.2 Å². The fraction of sp³-hybridized carbons (Fsp3) is 0.286. The number of rotatable bonds is 8. The highest BCUT2D eigenvalue weighted by atomic mass is 35.5. The molecule has 0 fully saturated rings. The van der Waals surface area contributed by atoms with Gasteiger partial charge in [0.1, 0.15) is 11.6 Å². The molecule has 0 spiro atoms. The summed E-state index contributed by atoms with van der Waals surface area (Å²) in [5.41, 5.74) is 0.840. The van der Waals surface area contributed by atoms with E-state index in [4.69, 9.17) is 32.7 Å². The molecule has 0 aliphatic heterocycles. The zero-order chi connectivity index (χ0) is 22.6. The second kappa shape index (κ2) is 9.53. The fourth-order valence-corrected chi connectivity index (χ4v) is 3.15. The highest BCUT2D eigenvalue weighted by molar-refractivity contribution is 6.31. The predicted octanol–water partition coefficient (Wildman–Crippen LogP) is 3.57. The van der Waals surface area contributed by atoms with E-state index < -0.39 is 11.4 Å². The monoisotopic (exact) mass is 467 g/mol. The number of halogens is 3. The maximum absolute atomic E-state index is 13.4. The highest BCUT2D eigenvalue weighted by Crippen LogP contribution is 2.28. The Morgan fingerprint density at radius 3 is 2.55 bits per heavy atom. The zero-order valence-electron chi connectivity index (χ0n) is 16.8. The van der Waals surface area contributed by atoms with Gasteiger partial charge in [-0.15, -0.1) is 0 Å². The van der Waals surface area contributed by atoms with Gasteiger partial charge in [0.25, 0.3) is 11.8 Å². The molecule has 1 unspecified atom stereocenters. The smallest absolute Gasteiger partial charge is 0.262 e. The lowest BCUT2D eigenvalue weighted by atomic mass is 9.84. The van der Waals surface area contributed by atoms with Crippen LogP contribution < -0.4 is 20.1 Å². The van der Waals surface area contributed by atoms with E-state index in [2.05, 4.69) is 15.6 Å². The number of carbonyl (C=O) groups is 2. The van der Waals surface area contributed by atoms with Crippen molar-refractivity contribution in [3.8, 4) is 11.6 Å². The first kappa shape index (κ1) is 22.8. The number of ether oxygens (including phenoxy) is 2. The predicted molar refractivity (Wildman–Crippen MR) is 114 cm³/mol. The van der Waals surface area contributed by atoms with Gasteiger partial charge in [0.2, 0.25) is 5.88 Å². The molecular weight excluding hydrogens is 448 g/mol. The molecule has 2 aromatic rings. The van der Waals surface area contributed by atoms with E-state index in [1.807, 2.05) is 6.92 Å². The Balaban J connectivity index is 1.41. The summed E-state index contributed by atoms with van der Waals surface area (Å²) in [7, 11) is 0. The standard InChI is InChI=1S/C21H20Cl2FN3O4/c1-12-5-20(25-9-16(12)23)31-10-18(28)26-13-7-21(2,8-13)27-19(29)11-30-14-3-4-15(22)17(24)6-14/h3-7,9H,8,10-11H2,1-2H3,(H,26,28)(H,27,29). The van der Waals surface area contributed by atoms with Gasteiger partial charge in [0.05, 0.1) is 15.6 Å². The fourth-order valence-electron chi connectivity index (χ4n) is 2.93. The topological polar surface area (TPSA) is 89.6 Å². The maximum atomic E-state index is 13.4. The number of amides is 2. The number of benzene rings is 1. The molecule has 2 amide bonds. The van der Waals surface area contributed by atoms with Crippen molar-refractivity contribution in [2.24, 2.45) is 0 Å². The van der Waals surface area contributed by atoms with E-state index in [1.54, 1.807) is 19.1 Å². The van der Waals surface area contributed by atoms with Crippen LogP contribution in [-0.4, -0.2) is 35.6 Å². The first-order chi connectivity index (χ1) is 14.6. The molecule has 1 aliphatic carbocycles. The minimum Gasteiger partial charge on any atom is -0.484 e. The first-order valence-electron chi connectivity index (χ1n) is 9.29. The van der Waals surface area contributed by atoms with Crippen molar-refractivity contribution in [1.29, 1.82) is 0 Å². The van der Waals surface area contributed by atoms with E-state index in [0.29, 0.717) is 23.0 Å². The number of aryl methyl sites for hydroxylation is 1. The molecule has 7 nitrogen and oxygen atoms in total. The van der Waals surface area contributed by atoms with Crippen LogP contribution in [-0.2, 0) is 9.59 Å². The van der Waals surface area contributed by atoms with Crippen LogP contribution in [0, 0.1) is 12.7 Å². The van der Waals surface area contributed by atoms with Gasteiger partial charge in [0.15, 0.2) is 13.2 Å². The molecule has 0 saturated carbocycles. The highest BCUT2D eigenvalue weighted by Gasteiger charge is 2.34. The first-order valence-corrected chi connectivity index (χ1v) is 10.0. The van der Waals surface area contributed by atoms with Gasteiger partial charge in [0, 0.05) is 30.4 Å². The minimum absolute atomic E-state index is 0.0246.